The highest BCUT2D eigenvalue weighted by Gasteiger charge is 2.31. The molecule has 0 heterocycles. The van der Waals surface area contributed by atoms with Gasteiger partial charge in [-0.05, 0) is 32.4 Å². The van der Waals surface area contributed by atoms with Crippen molar-refractivity contribution in [2.75, 3.05) is 7.05 Å². The Morgan fingerprint density at radius 2 is 1.38 bits per heavy atom. The molecule has 0 atom stereocenters. The molecule has 0 saturated carbocycles. The van der Waals surface area contributed by atoms with Gasteiger partial charge in [-0.2, -0.15) is 4.31 Å². The molecule has 0 aliphatic rings. The Balaban J connectivity index is 2.61. The van der Waals surface area contributed by atoms with Gasteiger partial charge in [0.15, 0.2) is 0 Å². The number of sulfonamides is 1. The lowest BCUT2D eigenvalue weighted by Crippen LogP contribution is -2.42. The monoisotopic (exact) mass is 303 g/mol. The summed E-state index contributed by atoms with van der Waals surface area (Å²) >= 11 is 0. The molecule has 0 aromatic heterocycles. The van der Waals surface area contributed by atoms with Crippen molar-refractivity contribution in [2.24, 2.45) is 0 Å². The summed E-state index contributed by atoms with van der Waals surface area (Å²) in [6, 6.07) is 16.7. The molecular formula is C17H21NO2S. The first-order valence-corrected chi connectivity index (χ1v) is 8.32. The fourth-order valence-electron chi connectivity index (χ4n) is 2.06. The van der Waals surface area contributed by atoms with Gasteiger partial charge in [-0.1, -0.05) is 48.5 Å². The van der Waals surface area contributed by atoms with Crippen molar-refractivity contribution >= 4 is 10.0 Å². The zero-order valence-corrected chi connectivity index (χ0v) is 13.7. The Hall–Kier alpha value is -1.65. The minimum absolute atomic E-state index is 0.341. The SMILES string of the molecule is CN(C(C)(C)C)S(=O)(=O)c1ccccc1-c1ccccc1. The van der Waals surface area contributed by atoms with E-state index in [1.165, 1.54) is 4.31 Å². The first-order valence-electron chi connectivity index (χ1n) is 6.88. The summed E-state index contributed by atoms with van der Waals surface area (Å²) in [5.74, 6) is 0. The van der Waals surface area contributed by atoms with E-state index in [2.05, 4.69) is 0 Å². The maximum absolute atomic E-state index is 12.9. The highest BCUT2D eigenvalue weighted by Crippen LogP contribution is 2.31. The van der Waals surface area contributed by atoms with E-state index in [1.807, 2.05) is 63.2 Å². The summed E-state index contributed by atoms with van der Waals surface area (Å²) < 4.78 is 27.2. The second-order valence-corrected chi connectivity index (χ2v) is 7.94. The summed E-state index contributed by atoms with van der Waals surface area (Å²) in [5.41, 5.74) is 1.16. The fourth-order valence-corrected chi connectivity index (χ4v) is 3.79. The number of rotatable bonds is 3. The Kier molecular flexibility index (Phi) is 4.21. The lowest BCUT2D eigenvalue weighted by molar-refractivity contribution is 0.292. The molecule has 0 amide bonds. The fraction of sp³-hybridized carbons (Fsp3) is 0.294. The van der Waals surface area contributed by atoms with Crippen LogP contribution in [0.3, 0.4) is 0 Å². The molecule has 0 N–H and O–H groups in total. The van der Waals surface area contributed by atoms with Crippen molar-refractivity contribution in [1.29, 1.82) is 0 Å². The van der Waals surface area contributed by atoms with Crippen molar-refractivity contribution < 1.29 is 8.42 Å². The van der Waals surface area contributed by atoms with Crippen LogP contribution in [0.1, 0.15) is 20.8 Å². The van der Waals surface area contributed by atoms with Crippen LogP contribution in [0.2, 0.25) is 0 Å². The molecule has 2 aromatic carbocycles. The maximum Gasteiger partial charge on any atom is 0.243 e. The maximum atomic E-state index is 12.9. The zero-order chi connectivity index (χ0) is 15.7. The molecule has 112 valence electrons. The first kappa shape index (κ1) is 15.7. The summed E-state index contributed by atoms with van der Waals surface area (Å²) in [5, 5.41) is 0. The summed E-state index contributed by atoms with van der Waals surface area (Å²) in [7, 11) is -1.92. The van der Waals surface area contributed by atoms with E-state index in [-0.39, 0.29) is 0 Å². The van der Waals surface area contributed by atoms with Gasteiger partial charge in [0.05, 0.1) is 4.90 Å². The molecule has 0 bridgehead atoms. The number of hydrogen-bond donors (Lipinski definition) is 0. The van der Waals surface area contributed by atoms with Crippen LogP contribution in [0.25, 0.3) is 11.1 Å². The molecule has 3 nitrogen and oxygen atoms in total. The molecule has 21 heavy (non-hydrogen) atoms. The smallest absolute Gasteiger partial charge is 0.207 e. The van der Waals surface area contributed by atoms with Crippen LogP contribution in [0.4, 0.5) is 0 Å². The second-order valence-electron chi connectivity index (χ2n) is 6.01. The van der Waals surface area contributed by atoms with Gasteiger partial charge in [0, 0.05) is 18.2 Å². The summed E-state index contributed by atoms with van der Waals surface area (Å²) in [6.07, 6.45) is 0. The molecule has 0 aliphatic heterocycles. The van der Waals surface area contributed by atoms with Crippen LogP contribution in [-0.4, -0.2) is 25.3 Å². The van der Waals surface area contributed by atoms with Crippen LogP contribution in [0.5, 0.6) is 0 Å². The largest absolute Gasteiger partial charge is 0.243 e. The second kappa shape index (κ2) is 5.62. The van der Waals surface area contributed by atoms with Gasteiger partial charge in [-0.15, -0.1) is 0 Å². The van der Waals surface area contributed by atoms with Gasteiger partial charge in [-0.25, -0.2) is 8.42 Å². The van der Waals surface area contributed by atoms with Crippen LogP contribution >= 0.6 is 0 Å². The average molecular weight is 303 g/mol. The molecule has 0 radical (unpaired) electrons. The van der Waals surface area contributed by atoms with Crippen molar-refractivity contribution in [3.8, 4) is 11.1 Å². The summed E-state index contributed by atoms with van der Waals surface area (Å²) in [6.45, 7) is 5.65. The standard InChI is InChI=1S/C17H21NO2S/c1-17(2,3)18(4)21(19,20)16-13-9-8-12-15(16)14-10-6-5-7-11-14/h5-13H,1-4H3. The third kappa shape index (κ3) is 3.17. The Morgan fingerprint density at radius 3 is 1.95 bits per heavy atom. The third-order valence-electron chi connectivity index (χ3n) is 3.55. The molecule has 4 heteroatoms. The molecule has 0 saturated heterocycles. The first-order chi connectivity index (χ1) is 9.74. The Bertz CT molecular complexity index is 716. The van der Waals surface area contributed by atoms with Crippen LogP contribution in [0.15, 0.2) is 59.5 Å². The van der Waals surface area contributed by atoms with Crippen molar-refractivity contribution in [3.63, 3.8) is 0 Å². The van der Waals surface area contributed by atoms with Gasteiger partial charge in [0.25, 0.3) is 0 Å². The number of hydrogen-bond acceptors (Lipinski definition) is 2. The topological polar surface area (TPSA) is 37.4 Å². The minimum Gasteiger partial charge on any atom is -0.207 e. The number of nitrogens with zero attached hydrogens (tertiary/aromatic N) is 1. The van der Waals surface area contributed by atoms with Gasteiger partial charge in [0.2, 0.25) is 10.0 Å². The van der Waals surface area contributed by atoms with Crippen LogP contribution < -0.4 is 0 Å². The average Bonchev–Trinajstić information content (AvgIpc) is 2.46. The van der Waals surface area contributed by atoms with E-state index in [9.17, 15) is 8.42 Å². The Labute approximate surface area is 127 Å². The van der Waals surface area contributed by atoms with Crippen molar-refractivity contribution in [2.45, 2.75) is 31.2 Å². The molecule has 0 aliphatic carbocycles. The predicted octanol–water partition coefficient (Wildman–Crippen LogP) is 3.77. The molecule has 2 aromatic rings. The van der Waals surface area contributed by atoms with Gasteiger partial charge < -0.3 is 0 Å². The normalized spacial score (nSPS) is 12.6. The van der Waals surface area contributed by atoms with Crippen molar-refractivity contribution in [3.05, 3.63) is 54.6 Å². The quantitative estimate of drug-likeness (QED) is 0.865. The lowest BCUT2D eigenvalue weighted by atomic mass is 10.1. The molecule has 0 spiro atoms. The highest BCUT2D eigenvalue weighted by molar-refractivity contribution is 7.89. The van der Waals surface area contributed by atoms with E-state index in [4.69, 9.17) is 0 Å². The van der Waals surface area contributed by atoms with E-state index in [0.717, 1.165) is 11.1 Å². The third-order valence-corrected chi connectivity index (χ3v) is 5.74. The van der Waals surface area contributed by atoms with Crippen molar-refractivity contribution in [1.82, 2.24) is 4.31 Å². The van der Waals surface area contributed by atoms with Gasteiger partial charge in [0.1, 0.15) is 0 Å². The van der Waals surface area contributed by atoms with Gasteiger partial charge in [-0.3, -0.25) is 0 Å². The van der Waals surface area contributed by atoms with E-state index in [0.29, 0.717) is 4.90 Å². The highest BCUT2D eigenvalue weighted by atomic mass is 32.2. The zero-order valence-electron chi connectivity index (χ0n) is 12.9. The van der Waals surface area contributed by atoms with E-state index >= 15 is 0 Å². The predicted molar refractivity (Wildman–Crippen MR) is 86.6 cm³/mol. The molecule has 0 fully saturated rings. The van der Waals surface area contributed by atoms with Crippen LogP contribution in [0, 0.1) is 0 Å². The summed E-state index contributed by atoms with van der Waals surface area (Å²) in [4.78, 5) is 0.341. The van der Waals surface area contributed by atoms with E-state index in [1.54, 1.807) is 19.2 Å². The van der Waals surface area contributed by atoms with Gasteiger partial charge >= 0.3 is 0 Å². The van der Waals surface area contributed by atoms with Crippen LogP contribution in [-0.2, 0) is 10.0 Å². The van der Waals surface area contributed by atoms with E-state index < -0.39 is 15.6 Å². The molecule has 2 rings (SSSR count). The molecule has 0 unspecified atom stereocenters. The lowest BCUT2D eigenvalue weighted by Gasteiger charge is -2.31. The minimum atomic E-state index is -3.54. The molecular weight excluding hydrogens is 282 g/mol. The number of benzene rings is 2. The Morgan fingerprint density at radius 1 is 0.857 bits per heavy atom.